The molecule has 0 saturated carbocycles. The lowest BCUT2D eigenvalue weighted by Gasteiger charge is -2.11. The third-order valence-corrected chi connectivity index (χ3v) is 6.99. The highest BCUT2D eigenvalue weighted by Crippen LogP contribution is 2.22. The number of nitrogens with one attached hydrogen (secondary N) is 2. The maximum Gasteiger partial charge on any atom is 0.262 e. The van der Waals surface area contributed by atoms with Crippen LogP contribution in [0, 0.1) is 20.8 Å². The van der Waals surface area contributed by atoms with Gasteiger partial charge in [0.05, 0.1) is 4.90 Å². The third kappa shape index (κ3) is 6.08. The second kappa shape index (κ2) is 9.53. The molecule has 0 aliphatic rings. The molecule has 0 aromatic heterocycles. The Balaban J connectivity index is 1.60. The summed E-state index contributed by atoms with van der Waals surface area (Å²) in [7, 11) is -3.73. The van der Waals surface area contributed by atoms with Crippen molar-refractivity contribution in [3.05, 3.63) is 81.8 Å². The lowest BCUT2D eigenvalue weighted by atomic mass is 10.1. The number of hydrogen-bond acceptors (Lipinski definition) is 4. The van der Waals surface area contributed by atoms with Crippen molar-refractivity contribution in [1.82, 2.24) is 0 Å². The SMILES string of the molecule is Cc1ccc(NS(=O)(=O)c2ccc(NC(=O)COc3ccc(Br)c(C)c3)cc2)cc1C. The fraction of sp³-hybridized carbons (Fsp3) is 0.174. The Kier molecular flexibility index (Phi) is 7.02. The molecular weight excluding hydrogens is 480 g/mol. The van der Waals surface area contributed by atoms with Crippen LogP contribution in [0.4, 0.5) is 11.4 Å². The Hall–Kier alpha value is -2.84. The van der Waals surface area contributed by atoms with E-state index in [1.54, 1.807) is 18.2 Å². The fourth-order valence-electron chi connectivity index (χ4n) is 2.79. The van der Waals surface area contributed by atoms with E-state index in [1.165, 1.54) is 24.3 Å². The standard InChI is InChI=1S/C23H23BrN2O4S/c1-15-4-5-19(12-16(15)2)26-31(28,29)21-9-6-18(7-10-21)25-23(27)14-30-20-8-11-22(24)17(3)13-20/h4-13,26H,14H2,1-3H3,(H,25,27). The minimum absolute atomic E-state index is 0.102. The second-order valence-electron chi connectivity index (χ2n) is 7.18. The summed E-state index contributed by atoms with van der Waals surface area (Å²) in [5.41, 5.74) is 4.07. The lowest BCUT2D eigenvalue weighted by molar-refractivity contribution is -0.118. The van der Waals surface area contributed by atoms with E-state index >= 15 is 0 Å². The zero-order chi connectivity index (χ0) is 22.6. The molecule has 0 aliphatic carbocycles. The average Bonchev–Trinajstić information content (AvgIpc) is 2.72. The lowest BCUT2D eigenvalue weighted by Crippen LogP contribution is -2.20. The van der Waals surface area contributed by atoms with Crippen molar-refractivity contribution >= 4 is 43.2 Å². The molecule has 2 N–H and O–H groups in total. The first-order valence-electron chi connectivity index (χ1n) is 9.53. The van der Waals surface area contributed by atoms with Crippen LogP contribution < -0.4 is 14.8 Å². The Morgan fingerprint density at radius 2 is 1.55 bits per heavy atom. The summed E-state index contributed by atoms with van der Waals surface area (Å²) in [6.07, 6.45) is 0. The van der Waals surface area contributed by atoms with Crippen LogP contribution in [-0.4, -0.2) is 20.9 Å². The third-order valence-electron chi connectivity index (χ3n) is 4.71. The molecule has 0 unspecified atom stereocenters. The van der Waals surface area contributed by atoms with Gasteiger partial charge in [-0.2, -0.15) is 0 Å². The van der Waals surface area contributed by atoms with Gasteiger partial charge in [0.1, 0.15) is 5.75 Å². The topological polar surface area (TPSA) is 84.5 Å². The molecule has 0 bridgehead atoms. The molecule has 3 aromatic carbocycles. The number of halogens is 1. The number of rotatable bonds is 7. The molecule has 0 spiro atoms. The summed E-state index contributed by atoms with van der Waals surface area (Å²) in [5, 5.41) is 2.69. The molecule has 0 saturated heterocycles. The minimum atomic E-state index is -3.73. The van der Waals surface area contributed by atoms with Gasteiger partial charge < -0.3 is 10.1 Å². The van der Waals surface area contributed by atoms with E-state index in [0.29, 0.717) is 17.1 Å². The van der Waals surface area contributed by atoms with Crippen molar-refractivity contribution in [2.24, 2.45) is 0 Å². The predicted octanol–water partition coefficient (Wildman–Crippen LogP) is 5.19. The largest absolute Gasteiger partial charge is 0.484 e. The number of amides is 1. The molecule has 162 valence electrons. The van der Waals surface area contributed by atoms with Gasteiger partial charge in [-0.25, -0.2) is 8.42 Å². The summed E-state index contributed by atoms with van der Waals surface area (Å²) in [6, 6.07) is 16.8. The zero-order valence-corrected chi connectivity index (χ0v) is 19.8. The van der Waals surface area contributed by atoms with Crippen LogP contribution in [-0.2, 0) is 14.8 Å². The van der Waals surface area contributed by atoms with Gasteiger partial charge in [-0.15, -0.1) is 0 Å². The van der Waals surface area contributed by atoms with Gasteiger partial charge in [0.2, 0.25) is 0 Å². The van der Waals surface area contributed by atoms with Gasteiger partial charge in [0.15, 0.2) is 6.61 Å². The van der Waals surface area contributed by atoms with Crippen LogP contribution in [0.2, 0.25) is 0 Å². The van der Waals surface area contributed by atoms with Crippen molar-refractivity contribution in [2.75, 3.05) is 16.6 Å². The summed E-state index contributed by atoms with van der Waals surface area (Å²) in [4.78, 5) is 12.2. The van der Waals surface area contributed by atoms with Crippen molar-refractivity contribution < 1.29 is 17.9 Å². The number of sulfonamides is 1. The summed E-state index contributed by atoms with van der Waals surface area (Å²) in [5.74, 6) is 0.249. The molecule has 0 heterocycles. The first-order valence-corrected chi connectivity index (χ1v) is 11.8. The minimum Gasteiger partial charge on any atom is -0.484 e. The highest BCUT2D eigenvalue weighted by Gasteiger charge is 2.15. The Labute approximate surface area is 190 Å². The van der Waals surface area contributed by atoms with Gasteiger partial charge in [-0.05, 0) is 92.1 Å². The van der Waals surface area contributed by atoms with Crippen LogP contribution in [0.3, 0.4) is 0 Å². The van der Waals surface area contributed by atoms with Crippen molar-refractivity contribution in [3.63, 3.8) is 0 Å². The van der Waals surface area contributed by atoms with Crippen LogP contribution >= 0.6 is 15.9 Å². The molecule has 0 fully saturated rings. The molecular formula is C23H23BrN2O4S. The van der Waals surface area contributed by atoms with E-state index in [-0.39, 0.29) is 17.4 Å². The summed E-state index contributed by atoms with van der Waals surface area (Å²) >= 11 is 3.42. The van der Waals surface area contributed by atoms with E-state index in [0.717, 1.165) is 21.2 Å². The molecule has 0 aliphatic heterocycles. The number of carbonyl (C=O) groups is 1. The Morgan fingerprint density at radius 1 is 0.871 bits per heavy atom. The number of ether oxygens (including phenoxy) is 1. The van der Waals surface area contributed by atoms with Crippen molar-refractivity contribution in [2.45, 2.75) is 25.7 Å². The van der Waals surface area contributed by atoms with Gasteiger partial charge in [-0.3, -0.25) is 9.52 Å². The number of anilines is 2. The maximum atomic E-state index is 12.6. The van der Waals surface area contributed by atoms with Crippen LogP contribution in [0.25, 0.3) is 0 Å². The van der Waals surface area contributed by atoms with E-state index in [1.807, 2.05) is 39.0 Å². The highest BCUT2D eigenvalue weighted by atomic mass is 79.9. The van der Waals surface area contributed by atoms with Gasteiger partial charge in [-0.1, -0.05) is 22.0 Å². The smallest absolute Gasteiger partial charge is 0.262 e. The fourth-order valence-corrected chi connectivity index (χ4v) is 4.09. The normalized spacial score (nSPS) is 11.1. The average molecular weight is 503 g/mol. The zero-order valence-electron chi connectivity index (χ0n) is 17.4. The molecule has 0 atom stereocenters. The van der Waals surface area contributed by atoms with Crippen LogP contribution in [0.1, 0.15) is 16.7 Å². The molecule has 8 heteroatoms. The number of benzene rings is 3. The summed E-state index contributed by atoms with van der Waals surface area (Å²) < 4.78 is 34.3. The van der Waals surface area contributed by atoms with Gasteiger partial charge >= 0.3 is 0 Å². The molecule has 3 aromatic rings. The van der Waals surface area contributed by atoms with E-state index in [2.05, 4.69) is 26.0 Å². The highest BCUT2D eigenvalue weighted by molar-refractivity contribution is 9.10. The van der Waals surface area contributed by atoms with E-state index in [9.17, 15) is 13.2 Å². The second-order valence-corrected chi connectivity index (χ2v) is 9.71. The molecule has 3 rings (SSSR count). The van der Waals surface area contributed by atoms with Crippen molar-refractivity contribution in [1.29, 1.82) is 0 Å². The van der Waals surface area contributed by atoms with E-state index in [4.69, 9.17) is 4.74 Å². The predicted molar refractivity (Wildman–Crippen MR) is 126 cm³/mol. The monoisotopic (exact) mass is 502 g/mol. The maximum absolute atomic E-state index is 12.6. The molecule has 31 heavy (non-hydrogen) atoms. The molecule has 0 radical (unpaired) electrons. The Bertz CT molecular complexity index is 1210. The number of hydrogen-bond donors (Lipinski definition) is 2. The summed E-state index contributed by atoms with van der Waals surface area (Å²) in [6.45, 7) is 5.66. The van der Waals surface area contributed by atoms with Gasteiger partial charge in [0, 0.05) is 15.8 Å². The van der Waals surface area contributed by atoms with E-state index < -0.39 is 10.0 Å². The quantitative estimate of drug-likeness (QED) is 0.465. The van der Waals surface area contributed by atoms with Crippen molar-refractivity contribution in [3.8, 4) is 5.75 Å². The first kappa shape index (κ1) is 22.8. The molecule has 1 amide bonds. The Morgan fingerprint density at radius 3 is 2.19 bits per heavy atom. The number of aryl methyl sites for hydroxylation is 3. The number of carbonyl (C=O) groups excluding carboxylic acids is 1. The first-order chi connectivity index (χ1) is 14.6. The van der Waals surface area contributed by atoms with Crippen LogP contribution in [0.5, 0.6) is 5.75 Å². The van der Waals surface area contributed by atoms with Gasteiger partial charge in [0.25, 0.3) is 15.9 Å². The molecule has 6 nitrogen and oxygen atoms in total. The van der Waals surface area contributed by atoms with Crippen LogP contribution in [0.15, 0.2) is 70.0 Å².